The van der Waals surface area contributed by atoms with Crippen molar-refractivity contribution >= 4 is 27.5 Å². The fraction of sp³-hybridized carbons (Fsp3) is 0.625. The fourth-order valence-electron chi connectivity index (χ4n) is 3.58. The van der Waals surface area contributed by atoms with Gasteiger partial charge >= 0.3 is 0 Å². The lowest BCUT2D eigenvalue weighted by Gasteiger charge is -2.39. The average Bonchev–Trinajstić information content (AvgIpc) is 2.49. The molecular weight excluding hydrogens is 330 g/mol. The smallest absolute Gasteiger partial charge is 0.241 e. The maximum absolute atomic E-state index is 12.5. The van der Waals surface area contributed by atoms with Gasteiger partial charge in [0.05, 0.1) is 17.4 Å². The summed E-state index contributed by atoms with van der Waals surface area (Å²) < 4.78 is 0.791. The van der Waals surface area contributed by atoms with Crippen LogP contribution in [0.25, 0.3) is 0 Å². The molecule has 21 heavy (non-hydrogen) atoms. The summed E-state index contributed by atoms with van der Waals surface area (Å²) >= 11 is 3.34. The van der Waals surface area contributed by atoms with Gasteiger partial charge in [-0.25, -0.2) is 4.98 Å². The summed E-state index contributed by atoms with van der Waals surface area (Å²) in [6, 6.07) is 4.23. The van der Waals surface area contributed by atoms with E-state index in [2.05, 4.69) is 31.5 Å². The maximum atomic E-state index is 12.5. The van der Waals surface area contributed by atoms with E-state index in [1.807, 2.05) is 19.1 Å². The van der Waals surface area contributed by atoms with Crippen LogP contribution in [-0.2, 0) is 4.79 Å². The standard InChI is InChI=1S/C16H22BrN3O/c1-10-12(8-9-15(17)18-10)20-16(21)14-7-6-11-4-2-3-5-13(11)19-14/h8-9,11,13-14,19H,2-7H2,1H3,(H,20,21). The van der Waals surface area contributed by atoms with Crippen LogP contribution in [0.5, 0.6) is 0 Å². The molecule has 1 aliphatic heterocycles. The number of fused-ring (bicyclic) bond motifs is 1. The van der Waals surface area contributed by atoms with E-state index < -0.39 is 0 Å². The molecule has 0 bridgehead atoms. The van der Waals surface area contributed by atoms with Crippen LogP contribution < -0.4 is 10.6 Å². The minimum absolute atomic E-state index is 0.0626. The van der Waals surface area contributed by atoms with Crippen LogP contribution in [0.2, 0.25) is 0 Å². The number of aromatic nitrogens is 1. The maximum Gasteiger partial charge on any atom is 0.241 e. The molecule has 1 saturated heterocycles. The number of anilines is 1. The largest absolute Gasteiger partial charge is 0.323 e. The van der Waals surface area contributed by atoms with Gasteiger partial charge in [-0.2, -0.15) is 0 Å². The molecule has 0 radical (unpaired) electrons. The first-order valence-corrected chi connectivity index (χ1v) is 8.63. The summed E-state index contributed by atoms with van der Waals surface area (Å²) in [5.74, 6) is 0.852. The fourth-order valence-corrected chi connectivity index (χ4v) is 3.98. The van der Waals surface area contributed by atoms with Crippen LogP contribution in [0.1, 0.15) is 44.2 Å². The van der Waals surface area contributed by atoms with E-state index in [4.69, 9.17) is 0 Å². The lowest BCUT2D eigenvalue weighted by atomic mass is 9.77. The highest BCUT2D eigenvalue weighted by molar-refractivity contribution is 9.10. The molecule has 2 heterocycles. The Morgan fingerprint density at radius 1 is 1.29 bits per heavy atom. The third-order valence-electron chi connectivity index (χ3n) is 4.78. The predicted molar refractivity (Wildman–Crippen MR) is 87.2 cm³/mol. The van der Waals surface area contributed by atoms with Crippen molar-refractivity contribution in [2.45, 2.75) is 57.5 Å². The molecule has 114 valence electrons. The van der Waals surface area contributed by atoms with Crippen LogP contribution in [0, 0.1) is 12.8 Å². The molecule has 1 aromatic heterocycles. The summed E-state index contributed by atoms with van der Waals surface area (Å²) in [6.07, 6.45) is 7.29. The number of rotatable bonds is 2. The van der Waals surface area contributed by atoms with Crippen LogP contribution >= 0.6 is 15.9 Å². The second-order valence-corrected chi connectivity index (χ2v) is 7.02. The van der Waals surface area contributed by atoms with Gasteiger partial charge in [0, 0.05) is 6.04 Å². The van der Waals surface area contributed by atoms with Gasteiger partial charge in [0.1, 0.15) is 4.60 Å². The minimum atomic E-state index is -0.0626. The number of nitrogens with one attached hydrogen (secondary N) is 2. The Hall–Kier alpha value is -0.940. The third kappa shape index (κ3) is 3.46. The van der Waals surface area contributed by atoms with Gasteiger partial charge in [-0.3, -0.25) is 4.79 Å². The Morgan fingerprint density at radius 3 is 2.90 bits per heavy atom. The third-order valence-corrected chi connectivity index (χ3v) is 5.22. The Bertz CT molecular complexity index is 534. The summed E-state index contributed by atoms with van der Waals surface area (Å²) in [4.78, 5) is 16.8. The topological polar surface area (TPSA) is 54.0 Å². The van der Waals surface area contributed by atoms with Crippen molar-refractivity contribution in [2.75, 3.05) is 5.32 Å². The number of nitrogens with zero attached hydrogens (tertiary/aromatic N) is 1. The van der Waals surface area contributed by atoms with Gasteiger partial charge in [-0.1, -0.05) is 12.8 Å². The molecule has 3 unspecified atom stereocenters. The van der Waals surface area contributed by atoms with Crippen molar-refractivity contribution in [2.24, 2.45) is 5.92 Å². The number of hydrogen-bond donors (Lipinski definition) is 2. The van der Waals surface area contributed by atoms with Crippen LogP contribution in [0.4, 0.5) is 5.69 Å². The number of halogens is 1. The molecule has 2 N–H and O–H groups in total. The van der Waals surface area contributed by atoms with Crippen molar-refractivity contribution in [1.82, 2.24) is 10.3 Å². The van der Waals surface area contributed by atoms with Crippen molar-refractivity contribution in [3.8, 4) is 0 Å². The molecule has 1 saturated carbocycles. The first kappa shape index (κ1) is 15.0. The molecule has 1 aliphatic carbocycles. The number of hydrogen-bond acceptors (Lipinski definition) is 3. The average molecular weight is 352 g/mol. The van der Waals surface area contributed by atoms with Gasteiger partial charge < -0.3 is 10.6 Å². The van der Waals surface area contributed by atoms with Crippen molar-refractivity contribution in [3.63, 3.8) is 0 Å². The first-order chi connectivity index (χ1) is 10.1. The monoisotopic (exact) mass is 351 g/mol. The lowest BCUT2D eigenvalue weighted by Crippen LogP contribution is -2.53. The molecule has 2 aliphatic rings. The predicted octanol–water partition coefficient (Wildman–Crippen LogP) is 3.40. The summed E-state index contributed by atoms with van der Waals surface area (Å²) in [5.41, 5.74) is 1.64. The number of carbonyl (C=O) groups is 1. The molecule has 2 fully saturated rings. The van der Waals surface area contributed by atoms with Crippen molar-refractivity contribution in [3.05, 3.63) is 22.4 Å². The molecule has 0 aromatic carbocycles. The van der Waals surface area contributed by atoms with E-state index in [-0.39, 0.29) is 11.9 Å². The molecule has 3 rings (SSSR count). The van der Waals surface area contributed by atoms with E-state index in [1.165, 1.54) is 32.1 Å². The van der Waals surface area contributed by atoms with Gasteiger partial charge in [-0.05, 0) is 66.6 Å². The summed E-state index contributed by atoms with van der Waals surface area (Å²) in [7, 11) is 0. The highest BCUT2D eigenvalue weighted by atomic mass is 79.9. The number of carbonyl (C=O) groups excluding carboxylic acids is 1. The molecule has 4 nitrogen and oxygen atoms in total. The zero-order valence-corrected chi connectivity index (χ0v) is 13.9. The molecule has 5 heteroatoms. The van der Waals surface area contributed by atoms with E-state index in [0.717, 1.165) is 28.3 Å². The quantitative estimate of drug-likeness (QED) is 0.802. The SMILES string of the molecule is Cc1nc(Br)ccc1NC(=O)C1CCC2CCCCC2N1. The second kappa shape index (κ2) is 6.44. The van der Waals surface area contributed by atoms with Gasteiger partial charge in [-0.15, -0.1) is 0 Å². The van der Waals surface area contributed by atoms with E-state index in [9.17, 15) is 4.79 Å². The zero-order valence-electron chi connectivity index (χ0n) is 12.4. The number of pyridine rings is 1. The molecule has 1 amide bonds. The van der Waals surface area contributed by atoms with Crippen LogP contribution in [-0.4, -0.2) is 23.0 Å². The van der Waals surface area contributed by atoms with Gasteiger partial charge in [0.2, 0.25) is 5.91 Å². The van der Waals surface area contributed by atoms with Crippen LogP contribution in [0.3, 0.4) is 0 Å². The zero-order chi connectivity index (χ0) is 14.8. The second-order valence-electron chi connectivity index (χ2n) is 6.20. The Balaban J connectivity index is 1.63. The van der Waals surface area contributed by atoms with Crippen LogP contribution in [0.15, 0.2) is 16.7 Å². The number of amides is 1. The lowest BCUT2D eigenvalue weighted by molar-refractivity contribution is -0.119. The summed E-state index contributed by atoms with van der Waals surface area (Å²) in [5, 5.41) is 6.58. The van der Waals surface area contributed by atoms with Crippen molar-refractivity contribution in [1.29, 1.82) is 0 Å². The van der Waals surface area contributed by atoms with E-state index >= 15 is 0 Å². The van der Waals surface area contributed by atoms with E-state index in [1.54, 1.807) is 0 Å². The minimum Gasteiger partial charge on any atom is -0.323 e. The van der Waals surface area contributed by atoms with Gasteiger partial charge in [0.15, 0.2) is 0 Å². The molecule has 0 spiro atoms. The summed E-state index contributed by atoms with van der Waals surface area (Å²) in [6.45, 7) is 1.91. The Labute approximate surface area is 134 Å². The Morgan fingerprint density at radius 2 is 2.10 bits per heavy atom. The highest BCUT2D eigenvalue weighted by Crippen LogP contribution is 2.32. The molecule has 1 aromatic rings. The molecule has 3 atom stereocenters. The van der Waals surface area contributed by atoms with Gasteiger partial charge in [0.25, 0.3) is 0 Å². The highest BCUT2D eigenvalue weighted by Gasteiger charge is 2.34. The first-order valence-electron chi connectivity index (χ1n) is 7.83. The number of piperidine rings is 1. The number of aryl methyl sites for hydroxylation is 1. The Kier molecular flexibility index (Phi) is 4.60. The molecular formula is C16H22BrN3O. The van der Waals surface area contributed by atoms with Crippen molar-refractivity contribution < 1.29 is 4.79 Å². The van der Waals surface area contributed by atoms with E-state index in [0.29, 0.717) is 6.04 Å². The normalized spacial score (nSPS) is 28.8.